The first-order valence-electron chi connectivity index (χ1n) is 7.00. The first-order chi connectivity index (χ1) is 9.86. The second kappa shape index (κ2) is 8.43. The summed E-state index contributed by atoms with van der Waals surface area (Å²) in [7, 11) is 0.0378. The summed E-state index contributed by atoms with van der Waals surface area (Å²) in [6.45, 7) is 4.30. The summed E-state index contributed by atoms with van der Waals surface area (Å²) in [5.74, 6) is -0.717. The van der Waals surface area contributed by atoms with Crippen LogP contribution in [0.4, 0.5) is 4.39 Å². The maximum Gasteiger partial charge on any atom is 0.243 e. The molecule has 0 aliphatic carbocycles. The highest BCUT2D eigenvalue weighted by atomic mass is 32.2. The van der Waals surface area contributed by atoms with Gasteiger partial charge in [0, 0.05) is 13.1 Å². The quantitative estimate of drug-likeness (QED) is 0.671. The molecule has 1 rings (SSSR count). The van der Waals surface area contributed by atoms with Crippen LogP contribution >= 0.6 is 0 Å². The molecule has 0 atom stereocenters. The number of sulfonamides is 1. The zero-order valence-corrected chi connectivity index (χ0v) is 13.6. The van der Waals surface area contributed by atoms with Gasteiger partial charge in [-0.3, -0.25) is 0 Å². The van der Waals surface area contributed by atoms with Gasteiger partial charge in [-0.05, 0) is 51.3 Å². The molecule has 0 aliphatic heterocycles. The van der Waals surface area contributed by atoms with Crippen LogP contribution in [-0.4, -0.2) is 47.0 Å². The Morgan fingerprint density at radius 2 is 2.00 bits per heavy atom. The van der Waals surface area contributed by atoms with Crippen molar-refractivity contribution in [3.63, 3.8) is 0 Å². The van der Waals surface area contributed by atoms with Crippen molar-refractivity contribution >= 4 is 10.0 Å². The second-order valence-corrected chi connectivity index (χ2v) is 6.84. The lowest BCUT2D eigenvalue weighted by molar-refractivity contribution is 0.400. The Bertz CT molecular complexity index is 547. The Hall–Kier alpha value is -1.02. The van der Waals surface area contributed by atoms with Crippen LogP contribution in [0.15, 0.2) is 23.1 Å². The van der Waals surface area contributed by atoms with Crippen LogP contribution in [0.25, 0.3) is 0 Å². The van der Waals surface area contributed by atoms with E-state index >= 15 is 0 Å². The number of nitrogens with one attached hydrogen (secondary N) is 2. The molecule has 1 aromatic rings. The fourth-order valence-corrected chi connectivity index (χ4v) is 2.95. The molecule has 0 unspecified atom stereocenters. The largest absolute Gasteiger partial charge is 0.313 e. The zero-order chi connectivity index (χ0) is 15.9. The zero-order valence-electron chi connectivity index (χ0n) is 12.8. The molecule has 0 fully saturated rings. The van der Waals surface area contributed by atoms with Crippen molar-refractivity contribution in [1.29, 1.82) is 0 Å². The van der Waals surface area contributed by atoms with Crippen LogP contribution < -0.4 is 10.0 Å². The van der Waals surface area contributed by atoms with Crippen molar-refractivity contribution in [2.45, 2.75) is 24.8 Å². The van der Waals surface area contributed by atoms with Gasteiger partial charge in [0.1, 0.15) is 10.7 Å². The van der Waals surface area contributed by atoms with Crippen molar-refractivity contribution in [3.8, 4) is 0 Å². The summed E-state index contributed by atoms with van der Waals surface area (Å²) in [4.78, 5) is 1.66. The third-order valence-electron chi connectivity index (χ3n) is 2.94. The van der Waals surface area contributed by atoms with Crippen molar-refractivity contribution in [2.75, 3.05) is 33.7 Å². The molecular weight excluding hydrogens is 293 g/mol. The normalized spacial score (nSPS) is 12.0. The van der Waals surface area contributed by atoms with E-state index in [-0.39, 0.29) is 4.90 Å². The highest BCUT2D eigenvalue weighted by Crippen LogP contribution is 2.16. The van der Waals surface area contributed by atoms with E-state index in [9.17, 15) is 12.8 Å². The summed E-state index contributed by atoms with van der Waals surface area (Å²) in [5, 5.41) is 3.07. The molecule has 0 aliphatic rings. The van der Waals surface area contributed by atoms with Crippen LogP contribution in [0, 0.1) is 5.82 Å². The maximum atomic E-state index is 14.0. The molecule has 0 spiro atoms. The van der Waals surface area contributed by atoms with E-state index < -0.39 is 15.8 Å². The minimum atomic E-state index is -3.79. The van der Waals surface area contributed by atoms with E-state index in [0.29, 0.717) is 19.5 Å². The van der Waals surface area contributed by atoms with Crippen LogP contribution in [0.2, 0.25) is 0 Å². The highest BCUT2D eigenvalue weighted by Gasteiger charge is 2.18. The molecule has 0 heterocycles. The number of nitrogens with zero attached hydrogens (tertiary/aromatic N) is 1. The van der Waals surface area contributed by atoms with E-state index in [1.54, 1.807) is 6.07 Å². The number of benzene rings is 1. The SMILES string of the molecule is CCNCc1ccc(S(=O)(=O)NCCCN(C)C)c(F)c1. The molecular formula is C14H24FN3O2S. The van der Waals surface area contributed by atoms with Gasteiger partial charge in [0.05, 0.1) is 0 Å². The topological polar surface area (TPSA) is 61.4 Å². The minimum absolute atomic E-state index is 0.291. The Morgan fingerprint density at radius 1 is 1.29 bits per heavy atom. The molecule has 21 heavy (non-hydrogen) atoms. The van der Waals surface area contributed by atoms with E-state index in [1.165, 1.54) is 12.1 Å². The smallest absolute Gasteiger partial charge is 0.243 e. The fraction of sp³-hybridized carbons (Fsp3) is 0.571. The maximum absolute atomic E-state index is 14.0. The second-order valence-electron chi connectivity index (χ2n) is 5.10. The molecule has 1 aromatic carbocycles. The van der Waals surface area contributed by atoms with Crippen LogP contribution in [-0.2, 0) is 16.6 Å². The van der Waals surface area contributed by atoms with E-state index in [4.69, 9.17) is 0 Å². The van der Waals surface area contributed by atoms with Gasteiger partial charge >= 0.3 is 0 Å². The van der Waals surface area contributed by atoms with Gasteiger partial charge in [-0.1, -0.05) is 13.0 Å². The lowest BCUT2D eigenvalue weighted by Crippen LogP contribution is -2.28. The first kappa shape index (κ1) is 18.0. The Morgan fingerprint density at radius 3 is 2.57 bits per heavy atom. The Kier molecular flexibility index (Phi) is 7.24. The molecule has 7 heteroatoms. The number of rotatable bonds is 9. The van der Waals surface area contributed by atoms with Gasteiger partial charge < -0.3 is 10.2 Å². The summed E-state index contributed by atoms with van der Waals surface area (Å²) in [6.07, 6.45) is 0.673. The molecule has 0 saturated heterocycles. The molecule has 0 amide bonds. The summed E-state index contributed by atoms with van der Waals surface area (Å²) in [6, 6.07) is 4.20. The van der Waals surface area contributed by atoms with Gasteiger partial charge in [-0.25, -0.2) is 17.5 Å². The molecule has 0 radical (unpaired) electrons. The van der Waals surface area contributed by atoms with Gasteiger partial charge in [0.2, 0.25) is 10.0 Å². The Balaban J connectivity index is 2.70. The summed E-state index contributed by atoms with van der Waals surface area (Å²) < 4.78 is 40.5. The lowest BCUT2D eigenvalue weighted by atomic mass is 10.2. The molecule has 120 valence electrons. The molecule has 0 aromatic heterocycles. The number of hydrogen-bond acceptors (Lipinski definition) is 4. The third kappa shape index (κ3) is 6.09. The van der Waals surface area contributed by atoms with Gasteiger partial charge in [-0.2, -0.15) is 0 Å². The lowest BCUT2D eigenvalue weighted by Gasteiger charge is -2.11. The highest BCUT2D eigenvalue weighted by molar-refractivity contribution is 7.89. The van der Waals surface area contributed by atoms with Crippen LogP contribution in [0.3, 0.4) is 0 Å². The van der Waals surface area contributed by atoms with Gasteiger partial charge in [-0.15, -0.1) is 0 Å². The van der Waals surface area contributed by atoms with Gasteiger partial charge in [0.25, 0.3) is 0 Å². The predicted octanol–water partition coefficient (Wildman–Crippen LogP) is 1.17. The van der Waals surface area contributed by atoms with Crippen molar-refractivity contribution in [1.82, 2.24) is 14.9 Å². The predicted molar refractivity (Wildman–Crippen MR) is 82.1 cm³/mol. The first-order valence-corrected chi connectivity index (χ1v) is 8.48. The van der Waals surface area contributed by atoms with Crippen LogP contribution in [0.1, 0.15) is 18.9 Å². The van der Waals surface area contributed by atoms with Crippen LogP contribution in [0.5, 0.6) is 0 Å². The average molecular weight is 317 g/mol. The molecule has 0 bridgehead atoms. The van der Waals surface area contributed by atoms with Crippen molar-refractivity contribution in [2.24, 2.45) is 0 Å². The molecule has 0 saturated carbocycles. The van der Waals surface area contributed by atoms with Gasteiger partial charge in [0.15, 0.2) is 0 Å². The van der Waals surface area contributed by atoms with Crippen molar-refractivity contribution in [3.05, 3.63) is 29.6 Å². The Labute approximate surface area is 126 Å². The van der Waals surface area contributed by atoms with E-state index in [1.807, 2.05) is 25.9 Å². The standard InChI is InChI=1S/C14H24FN3O2S/c1-4-16-11-12-6-7-14(13(15)10-12)21(19,20)17-8-5-9-18(2)3/h6-7,10,16-17H,4-5,8-9,11H2,1-3H3. The average Bonchev–Trinajstić information content (AvgIpc) is 2.41. The number of halogens is 1. The number of hydrogen-bond donors (Lipinski definition) is 2. The van der Waals surface area contributed by atoms with E-state index in [0.717, 1.165) is 18.7 Å². The van der Waals surface area contributed by atoms with E-state index in [2.05, 4.69) is 10.0 Å². The molecule has 2 N–H and O–H groups in total. The molecule has 5 nitrogen and oxygen atoms in total. The van der Waals surface area contributed by atoms with Crippen molar-refractivity contribution < 1.29 is 12.8 Å². The minimum Gasteiger partial charge on any atom is -0.313 e. The fourth-order valence-electron chi connectivity index (χ4n) is 1.82. The summed E-state index contributed by atoms with van der Waals surface area (Å²) >= 11 is 0. The summed E-state index contributed by atoms with van der Waals surface area (Å²) in [5.41, 5.74) is 0.723. The monoisotopic (exact) mass is 317 g/mol. The third-order valence-corrected chi connectivity index (χ3v) is 4.43.